The van der Waals surface area contributed by atoms with Crippen LogP contribution in [0.5, 0.6) is 0 Å². The van der Waals surface area contributed by atoms with Gasteiger partial charge < -0.3 is 0 Å². The van der Waals surface area contributed by atoms with Crippen LogP contribution in [0.1, 0.15) is 5.56 Å². The molecule has 14 rings (SSSR count). The van der Waals surface area contributed by atoms with Gasteiger partial charge in [-0.15, -0.1) is 0 Å². The van der Waals surface area contributed by atoms with Crippen LogP contribution in [-0.4, -0.2) is 0 Å². The Bertz CT molecular complexity index is 4220. The van der Waals surface area contributed by atoms with Crippen molar-refractivity contribution in [2.24, 2.45) is 0 Å². The molecule has 69 heavy (non-hydrogen) atoms. The fraction of sp³-hybridized carbons (Fsp3) is 0.0145. The van der Waals surface area contributed by atoms with Crippen LogP contribution in [0.25, 0.3) is 142 Å². The average Bonchev–Trinajstić information content (AvgIpc) is 3.41. The van der Waals surface area contributed by atoms with E-state index in [2.05, 4.69) is 256 Å². The molecular formula is C69H44. The number of aryl methyl sites for hydroxylation is 1. The summed E-state index contributed by atoms with van der Waals surface area (Å²) in [5.74, 6) is 0. The Labute approximate surface area is 401 Å². The normalized spacial score (nSPS) is 11.8. The lowest BCUT2D eigenvalue weighted by Gasteiger charge is -2.20. The van der Waals surface area contributed by atoms with Crippen LogP contribution in [0.2, 0.25) is 0 Å². The molecule has 0 saturated carbocycles. The van der Waals surface area contributed by atoms with E-state index in [0.29, 0.717) is 0 Å². The van der Waals surface area contributed by atoms with Crippen LogP contribution in [0.3, 0.4) is 0 Å². The van der Waals surface area contributed by atoms with Gasteiger partial charge in [-0.3, -0.25) is 0 Å². The number of hydrogen-bond donors (Lipinski definition) is 0. The molecule has 0 aliphatic rings. The van der Waals surface area contributed by atoms with Crippen molar-refractivity contribution >= 4 is 75.4 Å². The number of fused-ring (bicyclic) bond motifs is 4. The molecule has 0 unspecified atom stereocenters. The molecule has 0 amide bonds. The van der Waals surface area contributed by atoms with Gasteiger partial charge in [0, 0.05) is 0 Å². The summed E-state index contributed by atoms with van der Waals surface area (Å²) in [6.07, 6.45) is 0. The smallest absolute Gasteiger partial charge is 0.00206 e. The first kappa shape index (κ1) is 39.3. The summed E-state index contributed by atoms with van der Waals surface area (Å²) >= 11 is 0. The maximum atomic E-state index is 2.46. The Hall–Kier alpha value is -8.84. The van der Waals surface area contributed by atoms with Crippen LogP contribution in [0, 0.1) is 6.92 Å². The summed E-state index contributed by atoms with van der Waals surface area (Å²) in [5, 5.41) is 17.8. The third-order valence-corrected chi connectivity index (χ3v) is 14.7. The zero-order valence-electron chi connectivity index (χ0n) is 38.2. The molecule has 0 atom stereocenters. The van der Waals surface area contributed by atoms with Crippen molar-refractivity contribution in [3.63, 3.8) is 0 Å². The molecule has 320 valence electrons. The molecule has 14 aromatic carbocycles. The van der Waals surface area contributed by atoms with Crippen LogP contribution in [0.4, 0.5) is 0 Å². The number of rotatable bonds is 6. The minimum absolute atomic E-state index is 1.19. The van der Waals surface area contributed by atoms with Gasteiger partial charge in [0.1, 0.15) is 0 Å². The predicted octanol–water partition coefficient (Wildman–Crippen LogP) is 19.5. The summed E-state index contributed by atoms with van der Waals surface area (Å²) in [6, 6.07) is 93.0. The zero-order valence-corrected chi connectivity index (χ0v) is 38.2. The van der Waals surface area contributed by atoms with E-state index >= 15 is 0 Å². The van der Waals surface area contributed by atoms with Crippen LogP contribution in [0.15, 0.2) is 249 Å². The second-order valence-corrected chi connectivity index (χ2v) is 18.8. The highest BCUT2D eigenvalue weighted by Gasteiger charge is 2.21. The first-order valence-corrected chi connectivity index (χ1v) is 24.1. The van der Waals surface area contributed by atoms with E-state index in [4.69, 9.17) is 0 Å². The third kappa shape index (κ3) is 6.23. The van der Waals surface area contributed by atoms with Gasteiger partial charge in [0.05, 0.1) is 0 Å². The molecule has 14 aromatic rings. The maximum Gasteiger partial charge on any atom is -0.00206 e. The summed E-state index contributed by atoms with van der Waals surface area (Å²) in [7, 11) is 0. The van der Waals surface area contributed by atoms with Gasteiger partial charge in [-0.25, -0.2) is 0 Å². The molecule has 0 fully saturated rings. The summed E-state index contributed by atoms with van der Waals surface area (Å²) < 4.78 is 0. The largest absolute Gasteiger partial charge is 0.0622 e. The molecule has 0 radical (unpaired) electrons. The lowest BCUT2D eigenvalue weighted by atomic mass is 9.83. The van der Waals surface area contributed by atoms with Gasteiger partial charge >= 0.3 is 0 Å². The van der Waals surface area contributed by atoms with Crippen LogP contribution >= 0.6 is 0 Å². The Morgan fingerprint density at radius 2 is 0.536 bits per heavy atom. The van der Waals surface area contributed by atoms with E-state index in [-0.39, 0.29) is 0 Å². The van der Waals surface area contributed by atoms with Gasteiger partial charge in [-0.05, 0) is 179 Å². The van der Waals surface area contributed by atoms with E-state index in [1.807, 2.05) is 0 Å². The van der Waals surface area contributed by atoms with Crippen LogP contribution in [-0.2, 0) is 0 Å². The number of hydrogen-bond acceptors (Lipinski definition) is 0. The average molecular weight is 873 g/mol. The zero-order chi connectivity index (χ0) is 45.6. The minimum Gasteiger partial charge on any atom is -0.0622 e. The van der Waals surface area contributed by atoms with Crippen molar-refractivity contribution in [1.29, 1.82) is 0 Å². The molecule has 0 spiro atoms. The quantitative estimate of drug-likeness (QED) is 0.115. The summed E-state index contributed by atoms with van der Waals surface area (Å²) in [6.45, 7) is 2.25. The van der Waals surface area contributed by atoms with E-state index in [0.717, 1.165) is 0 Å². The molecular weight excluding hydrogens is 829 g/mol. The Kier molecular flexibility index (Phi) is 8.91. The van der Waals surface area contributed by atoms with Crippen molar-refractivity contribution in [3.8, 4) is 66.8 Å². The molecule has 0 nitrogen and oxygen atoms in total. The lowest BCUT2D eigenvalue weighted by Crippen LogP contribution is -1.94. The lowest BCUT2D eigenvalue weighted by molar-refractivity contribution is 1.47. The minimum atomic E-state index is 1.19. The Balaban J connectivity index is 1.07. The van der Waals surface area contributed by atoms with Crippen molar-refractivity contribution in [2.45, 2.75) is 6.92 Å². The van der Waals surface area contributed by atoms with Gasteiger partial charge in [0.25, 0.3) is 0 Å². The third-order valence-electron chi connectivity index (χ3n) is 14.7. The van der Waals surface area contributed by atoms with Gasteiger partial charge in [-0.1, -0.05) is 224 Å². The topological polar surface area (TPSA) is 0 Å². The summed E-state index contributed by atoms with van der Waals surface area (Å²) in [4.78, 5) is 0. The molecule has 0 aromatic heterocycles. The Morgan fingerprint density at radius 1 is 0.203 bits per heavy atom. The van der Waals surface area contributed by atoms with E-state index < -0.39 is 0 Å². The summed E-state index contributed by atoms with van der Waals surface area (Å²) in [5.41, 5.74) is 16.0. The highest BCUT2D eigenvalue weighted by Crippen LogP contribution is 2.49. The van der Waals surface area contributed by atoms with Crippen molar-refractivity contribution < 1.29 is 0 Å². The molecule has 0 heterocycles. The van der Waals surface area contributed by atoms with Gasteiger partial charge in [-0.2, -0.15) is 0 Å². The maximum absolute atomic E-state index is 2.46. The molecule has 0 aliphatic heterocycles. The second-order valence-electron chi connectivity index (χ2n) is 18.8. The van der Waals surface area contributed by atoms with Crippen LogP contribution < -0.4 is 0 Å². The number of benzene rings is 14. The fourth-order valence-electron chi connectivity index (χ4n) is 11.9. The first-order valence-electron chi connectivity index (χ1n) is 24.1. The SMILES string of the molecule is Cc1cc(-c2cc(-c3c4ccccc4c(-c4ccccc4)c4ccccc34)cc(-c3ccc4ccc5cccc6ccc3c4c56)c2)cc(-c2c3ccccc3c(-c3ccccc3)c3ccccc23)c1. The van der Waals surface area contributed by atoms with E-state index in [1.54, 1.807) is 0 Å². The molecule has 0 N–H and O–H groups in total. The van der Waals surface area contributed by atoms with Gasteiger partial charge in [0.2, 0.25) is 0 Å². The molecule has 0 heteroatoms. The fourth-order valence-corrected chi connectivity index (χ4v) is 11.9. The van der Waals surface area contributed by atoms with Crippen molar-refractivity contribution in [3.05, 3.63) is 254 Å². The molecule has 0 bridgehead atoms. The monoisotopic (exact) mass is 872 g/mol. The second kappa shape index (κ2) is 15.6. The highest BCUT2D eigenvalue weighted by molar-refractivity contribution is 6.27. The first-order chi connectivity index (χ1) is 34.1. The van der Waals surface area contributed by atoms with E-state index in [1.165, 1.54) is 148 Å². The molecule has 0 saturated heterocycles. The highest BCUT2D eigenvalue weighted by atomic mass is 14.2. The van der Waals surface area contributed by atoms with Gasteiger partial charge in [0.15, 0.2) is 0 Å². The Morgan fingerprint density at radius 3 is 1.01 bits per heavy atom. The molecule has 0 aliphatic carbocycles. The van der Waals surface area contributed by atoms with Crippen molar-refractivity contribution in [2.75, 3.05) is 0 Å². The van der Waals surface area contributed by atoms with Crippen molar-refractivity contribution in [1.82, 2.24) is 0 Å². The standard InChI is InChI=1S/C69H44/c1-43-37-49(40-52(38-43)67-59-27-12-8-23-55(59)65(44-17-4-2-5-18-44)56-24-9-13-28-60(56)67)50-39-51(54-35-33-48-32-31-46-21-16-22-47-34-36-63(54)69(48)64(46)47)42-53(41-50)68-61-29-14-10-25-57(61)66(45-19-6-3-7-20-45)58-26-11-15-30-62(58)68/h2-42H,1H3. The van der Waals surface area contributed by atoms with E-state index in [9.17, 15) is 0 Å². The predicted molar refractivity (Wildman–Crippen MR) is 298 cm³/mol.